The molecular formula is C9H18N6. The summed E-state index contributed by atoms with van der Waals surface area (Å²) in [4.78, 5) is 10.1. The van der Waals surface area contributed by atoms with Crippen molar-refractivity contribution in [2.45, 2.75) is 13.8 Å². The highest BCUT2D eigenvalue weighted by Crippen LogP contribution is 2.29. The van der Waals surface area contributed by atoms with E-state index < -0.39 is 0 Å². The molecule has 84 valence electrons. The van der Waals surface area contributed by atoms with Crippen LogP contribution in [0.3, 0.4) is 0 Å². The lowest BCUT2D eigenvalue weighted by Gasteiger charge is -2.24. The number of nitrogens with zero attached hydrogens (tertiary/aromatic N) is 3. The standard InChI is InChI=1S/C9H18N6/c1-4-15(5-2)6-7(10)13-9(11)14-8(6)12-3/h4-5H2,1-3H3,(H5,10,11,12,13,14). The average molecular weight is 210 g/mol. The Morgan fingerprint density at radius 2 is 1.80 bits per heavy atom. The number of nitrogen functional groups attached to an aromatic ring is 2. The molecule has 5 N–H and O–H groups in total. The van der Waals surface area contributed by atoms with Gasteiger partial charge in [0.05, 0.1) is 0 Å². The molecule has 1 heterocycles. The average Bonchev–Trinajstić information content (AvgIpc) is 2.21. The highest BCUT2D eigenvalue weighted by molar-refractivity contribution is 5.77. The molecule has 15 heavy (non-hydrogen) atoms. The maximum atomic E-state index is 5.84. The van der Waals surface area contributed by atoms with Crippen LogP contribution in [-0.2, 0) is 0 Å². The third kappa shape index (κ3) is 2.20. The predicted octanol–water partition coefficient (Wildman–Crippen LogP) is 0.529. The van der Waals surface area contributed by atoms with Crippen molar-refractivity contribution in [3.63, 3.8) is 0 Å². The molecule has 0 saturated carbocycles. The molecule has 0 bridgehead atoms. The molecule has 1 aromatic rings. The van der Waals surface area contributed by atoms with Gasteiger partial charge >= 0.3 is 0 Å². The van der Waals surface area contributed by atoms with Crippen LogP contribution in [0.5, 0.6) is 0 Å². The van der Waals surface area contributed by atoms with Crippen LogP contribution in [0.4, 0.5) is 23.3 Å². The van der Waals surface area contributed by atoms with Crippen LogP contribution in [0.15, 0.2) is 0 Å². The molecule has 0 spiro atoms. The zero-order valence-electron chi connectivity index (χ0n) is 9.41. The van der Waals surface area contributed by atoms with E-state index in [9.17, 15) is 0 Å². The van der Waals surface area contributed by atoms with E-state index in [1.54, 1.807) is 7.05 Å². The SMILES string of the molecule is CCN(CC)c1c(N)nc(N)nc1NC. The van der Waals surface area contributed by atoms with Crippen molar-refractivity contribution < 1.29 is 0 Å². The zero-order valence-corrected chi connectivity index (χ0v) is 9.41. The van der Waals surface area contributed by atoms with Gasteiger partial charge in [-0.3, -0.25) is 0 Å². The van der Waals surface area contributed by atoms with Crippen LogP contribution in [-0.4, -0.2) is 30.1 Å². The number of nitrogens with one attached hydrogen (secondary N) is 1. The molecule has 0 aliphatic rings. The monoisotopic (exact) mass is 210 g/mol. The fraction of sp³-hybridized carbons (Fsp3) is 0.556. The molecule has 0 saturated heterocycles. The number of hydrogen-bond acceptors (Lipinski definition) is 6. The second kappa shape index (κ2) is 4.68. The Morgan fingerprint density at radius 1 is 1.20 bits per heavy atom. The highest BCUT2D eigenvalue weighted by atomic mass is 15.2. The maximum absolute atomic E-state index is 5.84. The Hall–Kier alpha value is -1.72. The third-order valence-electron chi connectivity index (χ3n) is 2.24. The van der Waals surface area contributed by atoms with E-state index in [1.807, 2.05) is 0 Å². The van der Waals surface area contributed by atoms with Crippen molar-refractivity contribution in [2.75, 3.05) is 41.8 Å². The quantitative estimate of drug-likeness (QED) is 0.671. The van der Waals surface area contributed by atoms with E-state index in [2.05, 4.69) is 34.0 Å². The molecule has 1 aromatic heterocycles. The lowest BCUT2D eigenvalue weighted by Crippen LogP contribution is -2.25. The van der Waals surface area contributed by atoms with Gasteiger partial charge in [0.1, 0.15) is 5.69 Å². The molecule has 0 aromatic carbocycles. The molecule has 0 unspecified atom stereocenters. The minimum Gasteiger partial charge on any atom is -0.382 e. The first-order valence-electron chi connectivity index (χ1n) is 4.99. The second-order valence-corrected chi connectivity index (χ2v) is 3.09. The summed E-state index contributed by atoms with van der Waals surface area (Å²) in [5.74, 6) is 1.27. The summed E-state index contributed by atoms with van der Waals surface area (Å²) in [6.07, 6.45) is 0. The molecule has 0 amide bonds. The van der Waals surface area contributed by atoms with E-state index >= 15 is 0 Å². The Morgan fingerprint density at radius 3 is 2.27 bits per heavy atom. The minimum atomic E-state index is 0.188. The van der Waals surface area contributed by atoms with Gasteiger partial charge < -0.3 is 21.7 Å². The fourth-order valence-electron chi connectivity index (χ4n) is 1.52. The van der Waals surface area contributed by atoms with Gasteiger partial charge in [0.2, 0.25) is 5.95 Å². The van der Waals surface area contributed by atoms with Crippen LogP contribution in [0, 0.1) is 0 Å². The number of anilines is 4. The Balaban J connectivity index is 3.24. The molecular weight excluding hydrogens is 192 g/mol. The number of nitrogens with two attached hydrogens (primary N) is 2. The van der Waals surface area contributed by atoms with Crippen LogP contribution >= 0.6 is 0 Å². The first kappa shape index (κ1) is 11.4. The predicted molar refractivity (Wildman–Crippen MR) is 64.0 cm³/mol. The molecule has 0 radical (unpaired) electrons. The van der Waals surface area contributed by atoms with Crippen molar-refractivity contribution in [2.24, 2.45) is 0 Å². The summed E-state index contributed by atoms with van der Waals surface area (Å²) in [5.41, 5.74) is 12.2. The highest BCUT2D eigenvalue weighted by Gasteiger charge is 2.14. The maximum Gasteiger partial charge on any atom is 0.224 e. The van der Waals surface area contributed by atoms with E-state index in [4.69, 9.17) is 11.5 Å². The van der Waals surface area contributed by atoms with E-state index in [0.717, 1.165) is 18.8 Å². The van der Waals surface area contributed by atoms with Crippen molar-refractivity contribution in [3.05, 3.63) is 0 Å². The van der Waals surface area contributed by atoms with Gasteiger partial charge in [-0.05, 0) is 13.8 Å². The number of aromatic nitrogens is 2. The fourth-order valence-corrected chi connectivity index (χ4v) is 1.52. The van der Waals surface area contributed by atoms with Gasteiger partial charge in [0.15, 0.2) is 11.6 Å². The van der Waals surface area contributed by atoms with Crippen molar-refractivity contribution in [1.82, 2.24) is 9.97 Å². The first-order valence-corrected chi connectivity index (χ1v) is 4.99. The molecule has 0 aliphatic heterocycles. The molecule has 1 rings (SSSR count). The van der Waals surface area contributed by atoms with Gasteiger partial charge in [0, 0.05) is 20.1 Å². The van der Waals surface area contributed by atoms with Crippen LogP contribution in [0.2, 0.25) is 0 Å². The summed E-state index contributed by atoms with van der Waals surface area (Å²) in [6.45, 7) is 5.81. The van der Waals surface area contributed by atoms with E-state index in [1.165, 1.54) is 0 Å². The smallest absolute Gasteiger partial charge is 0.224 e. The largest absolute Gasteiger partial charge is 0.382 e. The second-order valence-electron chi connectivity index (χ2n) is 3.09. The summed E-state index contributed by atoms with van der Waals surface area (Å²) in [7, 11) is 1.79. The van der Waals surface area contributed by atoms with Gasteiger partial charge in [0.25, 0.3) is 0 Å². The molecule has 0 atom stereocenters. The normalized spacial score (nSPS) is 10.1. The minimum absolute atomic E-state index is 0.188. The van der Waals surface area contributed by atoms with Crippen molar-refractivity contribution in [1.29, 1.82) is 0 Å². The lowest BCUT2D eigenvalue weighted by atomic mass is 10.3. The van der Waals surface area contributed by atoms with Gasteiger partial charge in [-0.1, -0.05) is 0 Å². The summed E-state index contributed by atoms with van der Waals surface area (Å²) >= 11 is 0. The molecule has 0 aliphatic carbocycles. The van der Waals surface area contributed by atoms with Gasteiger partial charge in [-0.15, -0.1) is 0 Å². The van der Waals surface area contributed by atoms with Crippen LogP contribution < -0.4 is 21.7 Å². The Bertz CT molecular complexity index is 334. The number of rotatable bonds is 4. The van der Waals surface area contributed by atoms with Crippen LogP contribution in [0.25, 0.3) is 0 Å². The molecule has 6 heteroatoms. The lowest BCUT2D eigenvalue weighted by molar-refractivity contribution is 0.861. The van der Waals surface area contributed by atoms with E-state index in [-0.39, 0.29) is 5.95 Å². The van der Waals surface area contributed by atoms with Gasteiger partial charge in [-0.2, -0.15) is 9.97 Å². The van der Waals surface area contributed by atoms with E-state index in [0.29, 0.717) is 11.6 Å². The third-order valence-corrected chi connectivity index (χ3v) is 2.24. The summed E-state index contributed by atoms with van der Waals surface area (Å²) < 4.78 is 0. The number of hydrogen-bond donors (Lipinski definition) is 3. The zero-order chi connectivity index (χ0) is 11.4. The van der Waals surface area contributed by atoms with Gasteiger partial charge in [-0.25, -0.2) is 0 Å². The molecule has 0 fully saturated rings. The first-order chi connectivity index (χ1) is 7.13. The van der Waals surface area contributed by atoms with Crippen molar-refractivity contribution >= 4 is 23.3 Å². The Kier molecular flexibility index (Phi) is 3.54. The van der Waals surface area contributed by atoms with Crippen LogP contribution in [0.1, 0.15) is 13.8 Å². The summed E-state index contributed by atoms with van der Waals surface area (Å²) in [6, 6.07) is 0. The Labute approximate surface area is 89.7 Å². The topological polar surface area (TPSA) is 93.1 Å². The van der Waals surface area contributed by atoms with Crippen molar-refractivity contribution in [3.8, 4) is 0 Å². The molecule has 6 nitrogen and oxygen atoms in total. The summed E-state index contributed by atoms with van der Waals surface area (Å²) in [5, 5.41) is 2.97.